The molecule has 0 spiro atoms. The predicted molar refractivity (Wildman–Crippen MR) is 113 cm³/mol. The van der Waals surface area contributed by atoms with Crippen LogP contribution in [-0.2, 0) is 6.42 Å². The Hall–Kier alpha value is -2.19. The lowest BCUT2D eigenvalue weighted by Crippen LogP contribution is -3.25. The first-order valence-electron chi connectivity index (χ1n) is 8.82. The second-order valence-electron chi connectivity index (χ2n) is 7.34. The minimum Gasteiger partial charge on any atom is -1.00 e. The smallest absolute Gasteiger partial charge is 0.370 e. The van der Waals surface area contributed by atoms with Gasteiger partial charge in [-0.05, 0) is 51.0 Å². The van der Waals surface area contributed by atoms with Gasteiger partial charge in [0.25, 0.3) is 5.69 Å². The molecule has 0 bridgehead atoms. The molecule has 2 aromatic rings. The summed E-state index contributed by atoms with van der Waals surface area (Å²) in [6.45, 7) is 7.27. The SMILES string of the molecule is CCc1ccc(C(=O)[NH+](N(Cl)C(=O)c2ccccc2[N+](=O)[O-])C(C)(C)C)cc1.Cl.[Cl-]. The van der Waals surface area contributed by atoms with E-state index < -0.39 is 22.3 Å². The van der Waals surface area contributed by atoms with E-state index in [4.69, 9.17) is 11.8 Å². The molecule has 0 aliphatic heterocycles. The molecule has 1 unspecified atom stereocenters. The lowest BCUT2D eigenvalue weighted by molar-refractivity contribution is -0.951. The van der Waals surface area contributed by atoms with E-state index in [0.29, 0.717) is 10.1 Å². The summed E-state index contributed by atoms with van der Waals surface area (Å²) in [5, 5.41) is 11.3. The highest BCUT2D eigenvalue weighted by molar-refractivity contribution is 6.23. The van der Waals surface area contributed by atoms with Crippen molar-refractivity contribution in [2.45, 2.75) is 39.7 Å². The number of nitrogens with one attached hydrogen (secondary N) is 1. The van der Waals surface area contributed by atoms with Gasteiger partial charge in [-0.15, -0.1) is 17.4 Å². The van der Waals surface area contributed by atoms with Gasteiger partial charge in [0.05, 0.1) is 22.3 Å². The van der Waals surface area contributed by atoms with Crippen LogP contribution in [0, 0.1) is 10.1 Å². The molecule has 1 atom stereocenters. The molecule has 0 fully saturated rings. The lowest BCUT2D eigenvalue weighted by atomic mass is 10.0. The summed E-state index contributed by atoms with van der Waals surface area (Å²) in [7, 11) is 0. The number of nitro groups is 1. The predicted octanol–water partition coefficient (Wildman–Crippen LogP) is 0.618. The lowest BCUT2D eigenvalue weighted by Gasteiger charge is -2.33. The first-order valence-corrected chi connectivity index (χ1v) is 9.16. The van der Waals surface area contributed by atoms with E-state index in [1.165, 1.54) is 24.3 Å². The van der Waals surface area contributed by atoms with Crippen molar-refractivity contribution in [1.82, 2.24) is 4.53 Å². The van der Waals surface area contributed by atoms with Crippen molar-refractivity contribution in [1.29, 1.82) is 0 Å². The van der Waals surface area contributed by atoms with Crippen LogP contribution in [0.5, 0.6) is 0 Å². The number of benzene rings is 2. The van der Waals surface area contributed by atoms with Crippen LogP contribution in [0.2, 0.25) is 0 Å². The zero-order valence-electron chi connectivity index (χ0n) is 17.0. The van der Waals surface area contributed by atoms with E-state index in [1.54, 1.807) is 32.9 Å². The fourth-order valence-electron chi connectivity index (χ4n) is 2.77. The van der Waals surface area contributed by atoms with Gasteiger partial charge in [-0.25, -0.2) is 4.79 Å². The first-order chi connectivity index (χ1) is 13.1. The van der Waals surface area contributed by atoms with Crippen LogP contribution in [0.3, 0.4) is 0 Å². The third kappa shape index (κ3) is 6.15. The normalized spacial score (nSPS) is 11.5. The molecule has 0 heterocycles. The largest absolute Gasteiger partial charge is 1.00 e. The molecule has 0 saturated heterocycles. The molecule has 7 nitrogen and oxygen atoms in total. The van der Waals surface area contributed by atoms with Crippen LogP contribution in [-0.4, -0.2) is 26.8 Å². The summed E-state index contributed by atoms with van der Waals surface area (Å²) < 4.78 is 0.707. The van der Waals surface area contributed by atoms with E-state index in [2.05, 4.69) is 0 Å². The highest BCUT2D eigenvalue weighted by Gasteiger charge is 2.42. The first kappa shape index (κ1) is 27.8. The van der Waals surface area contributed by atoms with Crippen LogP contribution < -0.4 is 17.4 Å². The van der Waals surface area contributed by atoms with Crippen LogP contribution in [0.1, 0.15) is 54.0 Å². The molecule has 2 aromatic carbocycles. The van der Waals surface area contributed by atoms with Crippen molar-refractivity contribution < 1.29 is 31.9 Å². The number of rotatable bonds is 4. The Labute approximate surface area is 193 Å². The van der Waals surface area contributed by atoms with Gasteiger partial charge in [0.2, 0.25) is 0 Å². The van der Waals surface area contributed by atoms with Crippen molar-refractivity contribution in [3.8, 4) is 0 Å². The summed E-state index contributed by atoms with van der Waals surface area (Å²) in [6, 6.07) is 12.6. The Morgan fingerprint density at radius 2 is 1.63 bits per heavy atom. The summed E-state index contributed by atoms with van der Waals surface area (Å²) in [5.74, 6) is -1.23. The number of carbonyl (C=O) groups is 2. The number of aryl methyl sites for hydroxylation is 1. The van der Waals surface area contributed by atoms with Gasteiger partial charge in [-0.2, -0.15) is 0 Å². The van der Waals surface area contributed by atoms with Gasteiger partial charge < -0.3 is 12.4 Å². The molecule has 164 valence electrons. The summed E-state index contributed by atoms with van der Waals surface area (Å²) >= 11 is 6.30. The number of carbonyl (C=O) groups excluding carboxylic acids is 2. The van der Waals surface area contributed by atoms with Crippen molar-refractivity contribution in [2.24, 2.45) is 0 Å². The third-order valence-electron chi connectivity index (χ3n) is 4.26. The topological polar surface area (TPSA) is 85.0 Å². The molecule has 0 radical (unpaired) electrons. The summed E-state index contributed by atoms with van der Waals surface area (Å²) in [6.07, 6.45) is 0.835. The minimum atomic E-state index is -0.822. The molecule has 2 amide bonds. The Balaban J connectivity index is 0.00000420. The number of hydrogen-bond acceptors (Lipinski definition) is 4. The number of nitro benzene ring substituents is 1. The highest BCUT2D eigenvalue weighted by atomic mass is 35.5. The number of quaternary nitrogens is 1. The van der Waals surface area contributed by atoms with Gasteiger partial charge in [0.15, 0.2) is 0 Å². The van der Waals surface area contributed by atoms with Crippen molar-refractivity contribution >= 4 is 41.7 Å². The van der Waals surface area contributed by atoms with E-state index in [9.17, 15) is 19.7 Å². The van der Waals surface area contributed by atoms with Gasteiger partial charge in [-0.1, -0.05) is 35.7 Å². The zero-order valence-corrected chi connectivity index (χ0v) is 19.3. The maximum absolute atomic E-state index is 13.1. The Bertz CT molecular complexity index is 899. The average molecular weight is 477 g/mol. The molecule has 0 saturated carbocycles. The van der Waals surface area contributed by atoms with E-state index >= 15 is 0 Å². The monoisotopic (exact) mass is 475 g/mol. The molecular weight excluding hydrogens is 453 g/mol. The number of nitrogens with zero attached hydrogens (tertiary/aromatic N) is 2. The van der Waals surface area contributed by atoms with Crippen LogP contribution in [0.15, 0.2) is 48.5 Å². The molecule has 1 N–H and O–H groups in total. The molecular formula is C20H24Cl3N3O4. The fraction of sp³-hybridized carbons (Fsp3) is 0.300. The Morgan fingerprint density at radius 3 is 2.10 bits per heavy atom. The standard InChI is InChI=1S/C20H22ClN3O4.2ClH/c1-5-14-10-12-15(13-11-14)18(25)22(20(2,3)4)23(21)19(26)16-8-6-7-9-17(16)24(27)28;;/h6-13H,5H2,1-4H3;2*1H. The number of hydrogen-bond donors (Lipinski definition) is 1. The fourth-order valence-corrected chi connectivity index (χ4v) is 3.20. The van der Waals surface area contributed by atoms with Gasteiger partial charge >= 0.3 is 11.8 Å². The van der Waals surface area contributed by atoms with E-state index in [-0.39, 0.29) is 41.1 Å². The molecule has 0 aromatic heterocycles. The number of halogens is 3. The van der Waals surface area contributed by atoms with Crippen LogP contribution >= 0.6 is 24.2 Å². The second kappa shape index (κ2) is 11.3. The molecule has 10 heteroatoms. The van der Waals surface area contributed by atoms with Crippen LogP contribution in [0.4, 0.5) is 5.69 Å². The van der Waals surface area contributed by atoms with Crippen LogP contribution in [0.25, 0.3) is 0 Å². The molecule has 0 aliphatic rings. The summed E-state index contributed by atoms with van der Waals surface area (Å²) in [4.78, 5) is 36.6. The Kier molecular flexibility index (Phi) is 10.4. The van der Waals surface area contributed by atoms with Gasteiger partial charge in [0.1, 0.15) is 11.1 Å². The quantitative estimate of drug-likeness (QED) is 0.398. The molecule has 2 rings (SSSR count). The maximum atomic E-state index is 13.1. The Morgan fingerprint density at radius 1 is 1.10 bits per heavy atom. The third-order valence-corrected chi connectivity index (χ3v) is 4.58. The number of amides is 2. The molecule has 30 heavy (non-hydrogen) atoms. The minimum absolute atomic E-state index is 0. The zero-order chi connectivity index (χ0) is 21.1. The second-order valence-corrected chi connectivity index (χ2v) is 7.68. The average Bonchev–Trinajstić information content (AvgIpc) is 2.66. The van der Waals surface area contributed by atoms with Gasteiger partial charge in [0, 0.05) is 6.07 Å². The van der Waals surface area contributed by atoms with Crippen molar-refractivity contribution in [2.75, 3.05) is 0 Å². The highest BCUT2D eigenvalue weighted by Crippen LogP contribution is 2.19. The van der Waals surface area contributed by atoms with E-state index in [1.807, 2.05) is 19.1 Å². The van der Waals surface area contributed by atoms with Crippen molar-refractivity contribution in [3.63, 3.8) is 0 Å². The maximum Gasteiger partial charge on any atom is 0.370 e. The van der Waals surface area contributed by atoms with Gasteiger partial charge in [-0.3, -0.25) is 14.9 Å². The molecule has 0 aliphatic carbocycles. The summed E-state index contributed by atoms with van der Waals surface area (Å²) in [5.41, 5.74) is 0.141. The van der Waals surface area contributed by atoms with Crippen molar-refractivity contribution in [3.05, 3.63) is 75.3 Å². The number of para-hydroxylation sites is 1. The van der Waals surface area contributed by atoms with E-state index in [0.717, 1.165) is 12.0 Å².